The highest BCUT2D eigenvalue weighted by molar-refractivity contribution is 5.85. The number of amides is 1. The lowest BCUT2D eigenvalue weighted by Crippen LogP contribution is -2.41. The van der Waals surface area contributed by atoms with E-state index < -0.39 is 11.9 Å². The van der Waals surface area contributed by atoms with Gasteiger partial charge in [-0.15, -0.1) is 0 Å². The van der Waals surface area contributed by atoms with Gasteiger partial charge < -0.3 is 10.4 Å². The number of aliphatic carboxylic acids is 1. The first-order valence-electron chi connectivity index (χ1n) is 7.73. The molecule has 1 heterocycles. The average Bonchev–Trinajstić information content (AvgIpc) is 2.89. The summed E-state index contributed by atoms with van der Waals surface area (Å²) in [4.78, 5) is 24.8. The molecule has 2 aromatic carbocycles. The number of rotatable bonds is 4. The third-order valence-corrected chi connectivity index (χ3v) is 4.38. The molecule has 0 aliphatic carbocycles. The lowest BCUT2D eigenvalue weighted by atomic mass is 10.0. The van der Waals surface area contributed by atoms with Gasteiger partial charge in [0.25, 0.3) is 0 Å². The van der Waals surface area contributed by atoms with E-state index in [9.17, 15) is 14.7 Å². The number of carbonyl (C=O) groups is 2. The van der Waals surface area contributed by atoms with Gasteiger partial charge in [0.1, 0.15) is 0 Å². The molecule has 0 unspecified atom stereocenters. The van der Waals surface area contributed by atoms with Gasteiger partial charge in [-0.3, -0.25) is 14.5 Å². The first-order valence-corrected chi connectivity index (χ1v) is 7.73. The smallest absolute Gasteiger partial charge is 0.309 e. The van der Waals surface area contributed by atoms with Gasteiger partial charge in [-0.2, -0.15) is 0 Å². The van der Waals surface area contributed by atoms with Crippen molar-refractivity contribution in [3.05, 3.63) is 48.0 Å². The van der Waals surface area contributed by atoms with Crippen LogP contribution in [0.2, 0.25) is 0 Å². The van der Waals surface area contributed by atoms with Crippen LogP contribution in [0.4, 0.5) is 0 Å². The summed E-state index contributed by atoms with van der Waals surface area (Å²) in [7, 11) is 0. The molecule has 1 aliphatic rings. The van der Waals surface area contributed by atoms with Crippen molar-refractivity contribution in [2.45, 2.75) is 19.5 Å². The van der Waals surface area contributed by atoms with E-state index in [4.69, 9.17) is 0 Å². The van der Waals surface area contributed by atoms with Crippen molar-refractivity contribution in [3.8, 4) is 0 Å². The van der Waals surface area contributed by atoms with Crippen molar-refractivity contribution in [1.82, 2.24) is 10.2 Å². The summed E-state index contributed by atoms with van der Waals surface area (Å²) in [5.41, 5.74) is 1.18. The molecule has 0 saturated carbocycles. The summed E-state index contributed by atoms with van der Waals surface area (Å²) in [6.45, 7) is 3.11. The van der Waals surface area contributed by atoms with Crippen LogP contribution >= 0.6 is 0 Å². The molecule has 3 rings (SSSR count). The first kappa shape index (κ1) is 15.5. The zero-order chi connectivity index (χ0) is 16.4. The van der Waals surface area contributed by atoms with Crippen LogP contribution in [0.1, 0.15) is 12.5 Å². The van der Waals surface area contributed by atoms with Gasteiger partial charge in [-0.25, -0.2) is 0 Å². The molecule has 0 radical (unpaired) electrons. The highest BCUT2D eigenvalue weighted by Crippen LogP contribution is 2.24. The van der Waals surface area contributed by atoms with Crippen molar-refractivity contribution < 1.29 is 14.7 Å². The lowest BCUT2D eigenvalue weighted by molar-refractivity contribution is -0.142. The largest absolute Gasteiger partial charge is 0.481 e. The maximum absolute atomic E-state index is 11.4. The molecule has 1 aliphatic heterocycles. The van der Waals surface area contributed by atoms with Crippen molar-refractivity contribution in [2.24, 2.45) is 5.92 Å². The van der Waals surface area contributed by atoms with Crippen LogP contribution in [-0.2, 0) is 16.1 Å². The number of carboxylic acid groups (broad SMARTS) is 1. The minimum absolute atomic E-state index is 0.187. The Hall–Kier alpha value is -2.40. The third-order valence-electron chi connectivity index (χ3n) is 4.38. The minimum Gasteiger partial charge on any atom is -0.481 e. The van der Waals surface area contributed by atoms with Gasteiger partial charge in [-0.1, -0.05) is 42.5 Å². The molecule has 1 amide bonds. The Bertz CT molecular complexity index is 739. The summed E-state index contributed by atoms with van der Waals surface area (Å²) in [6, 6.07) is 14.0. The molecule has 5 nitrogen and oxygen atoms in total. The fraction of sp³-hybridized carbons (Fsp3) is 0.333. The summed E-state index contributed by atoms with van der Waals surface area (Å²) < 4.78 is 0. The third kappa shape index (κ3) is 3.35. The lowest BCUT2D eigenvalue weighted by Gasteiger charge is -2.17. The number of nitrogens with zero attached hydrogens (tertiary/aromatic N) is 1. The number of carboxylic acids is 1. The fourth-order valence-corrected chi connectivity index (χ4v) is 3.34. The van der Waals surface area contributed by atoms with E-state index in [-0.39, 0.29) is 11.9 Å². The molecular formula is C18H20N2O3. The van der Waals surface area contributed by atoms with Crippen molar-refractivity contribution in [1.29, 1.82) is 0 Å². The van der Waals surface area contributed by atoms with Crippen LogP contribution in [-0.4, -0.2) is 41.0 Å². The van der Waals surface area contributed by atoms with Gasteiger partial charge >= 0.3 is 5.97 Å². The van der Waals surface area contributed by atoms with E-state index in [1.165, 1.54) is 23.3 Å². The highest BCUT2D eigenvalue weighted by atomic mass is 16.4. The van der Waals surface area contributed by atoms with Crippen LogP contribution in [0.15, 0.2) is 42.5 Å². The fourth-order valence-electron chi connectivity index (χ4n) is 3.34. The molecule has 1 fully saturated rings. The van der Waals surface area contributed by atoms with Crippen LogP contribution < -0.4 is 5.32 Å². The minimum atomic E-state index is -0.857. The Morgan fingerprint density at radius 1 is 1.17 bits per heavy atom. The Kier molecular flexibility index (Phi) is 4.30. The predicted octanol–water partition coefficient (Wildman–Crippen LogP) is 1.86. The van der Waals surface area contributed by atoms with E-state index in [1.807, 2.05) is 18.2 Å². The van der Waals surface area contributed by atoms with Gasteiger partial charge in [0, 0.05) is 26.6 Å². The Balaban J connectivity index is 1.80. The summed E-state index contributed by atoms with van der Waals surface area (Å²) in [6.07, 6.45) is 0. The van der Waals surface area contributed by atoms with Gasteiger partial charge in [0.15, 0.2) is 0 Å². The molecule has 120 valence electrons. The zero-order valence-corrected chi connectivity index (χ0v) is 13.0. The Morgan fingerprint density at radius 3 is 2.65 bits per heavy atom. The van der Waals surface area contributed by atoms with Crippen molar-refractivity contribution in [2.75, 3.05) is 13.1 Å². The number of hydrogen-bond donors (Lipinski definition) is 2. The number of hydrogen-bond acceptors (Lipinski definition) is 3. The SMILES string of the molecule is CC(=O)N[C@@H]1CN(Cc2cccc3ccccc23)C[C@H]1C(=O)O. The molecule has 0 spiro atoms. The standard InChI is InChI=1S/C18H20N2O3/c1-12(21)19-17-11-20(10-16(17)18(22)23)9-14-7-4-6-13-5-2-3-8-15(13)14/h2-8,16-17H,9-11H2,1H3,(H,19,21)(H,22,23)/t16-,17-/m1/s1. The molecule has 0 bridgehead atoms. The zero-order valence-electron chi connectivity index (χ0n) is 13.0. The quantitative estimate of drug-likeness (QED) is 0.904. The Morgan fingerprint density at radius 2 is 1.91 bits per heavy atom. The molecule has 2 atom stereocenters. The summed E-state index contributed by atoms with van der Waals surface area (Å²) in [5.74, 6) is -1.61. The van der Waals surface area contributed by atoms with Gasteiger partial charge in [-0.05, 0) is 16.3 Å². The monoisotopic (exact) mass is 312 g/mol. The number of nitrogens with one attached hydrogen (secondary N) is 1. The first-order chi connectivity index (χ1) is 11.0. The van der Waals surface area contributed by atoms with Gasteiger partial charge in [0.05, 0.1) is 12.0 Å². The Labute approximate surface area is 134 Å². The second-order valence-electron chi connectivity index (χ2n) is 6.08. The van der Waals surface area contributed by atoms with E-state index in [1.54, 1.807) is 0 Å². The maximum Gasteiger partial charge on any atom is 0.309 e. The number of fused-ring (bicyclic) bond motifs is 1. The molecule has 2 aromatic rings. The second kappa shape index (κ2) is 6.38. The van der Waals surface area contributed by atoms with E-state index in [2.05, 4.69) is 34.5 Å². The topological polar surface area (TPSA) is 69.6 Å². The molecule has 0 aromatic heterocycles. The van der Waals surface area contributed by atoms with Crippen LogP contribution in [0, 0.1) is 5.92 Å². The highest BCUT2D eigenvalue weighted by Gasteiger charge is 2.38. The van der Waals surface area contributed by atoms with Gasteiger partial charge in [0.2, 0.25) is 5.91 Å². The van der Waals surface area contributed by atoms with Crippen molar-refractivity contribution in [3.63, 3.8) is 0 Å². The number of carbonyl (C=O) groups excluding carboxylic acids is 1. The van der Waals surface area contributed by atoms with E-state index in [0.29, 0.717) is 19.6 Å². The molecule has 1 saturated heterocycles. The van der Waals surface area contributed by atoms with Crippen LogP contribution in [0.25, 0.3) is 10.8 Å². The normalized spacial score (nSPS) is 21.4. The molecular weight excluding hydrogens is 292 g/mol. The molecule has 23 heavy (non-hydrogen) atoms. The maximum atomic E-state index is 11.4. The average molecular weight is 312 g/mol. The van der Waals surface area contributed by atoms with Crippen LogP contribution in [0.5, 0.6) is 0 Å². The molecule has 5 heteroatoms. The second-order valence-corrected chi connectivity index (χ2v) is 6.08. The van der Waals surface area contributed by atoms with Crippen LogP contribution in [0.3, 0.4) is 0 Å². The van der Waals surface area contributed by atoms with Crippen molar-refractivity contribution >= 4 is 22.6 Å². The van der Waals surface area contributed by atoms with E-state index >= 15 is 0 Å². The predicted molar refractivity (Wildman–Crippen MR) is 88.0 cm³/mol. The summed E-state index contributed by atoms with van der Waals surface area (Å²) in [5, 5.41) is 14.5. The number of likely N-dealkylation sites (tertiary alicyclic amines) is 1. The summed E-state index contributed by atoms with van der Waals surface area (Å²) >= 11 is 0. The number of benzene rings is 2. The van der Waals surface area contributed by atoms with E-state index in [0.717, 1.165) is 0 Å². The molecule has 2 N–H and O–H groups in total.